The molecular formula is C14H18O. The molecule has 0 bridgehead atoms. The average molecular weight is 202 g/mol. The molecule has 0 aliphatic heterocycles. The van der Waals surface area contributed by atoms with E-state index in [1.807, 2.05) is 0 Å². The minimum Gasteiger partial charge on any atom is -0.392 e. The number of hydrogen-bond acceptors (Lipinski definition) is 1. The van der Waals surface area contributed by atoms with Crippen LogP contribution in [0.25, 0.3) is 0 Å². The molecule has 0 heterocycles. The topological polar surface area (TPSA) is 20.2 Å². The SMILES string of the molecule is CC#CCC(O)CCc1ccc(C)cc1. The van der Waals surface area contributed by atoms with E-state index in [0.717, 1.165) is 12.8 Å². The van der Waals surface area contributed by atoms with Crippen molar-refractivity contribution in [1.29, 1.82) is 0 Å². The lowest BCUT2D eigenvalue weighted by Crippen LogP contribution is -2.06. The van der Waals surface area contributed by atoms with Gasteiger partial charge in [-0.3, -0.25) is 0 Å². The van der Waals surface area contributed by atoms with E-state index in [9.17, 15) is 5.11 Å². The first-order valence-corrected chi connectivity index (χ1v) is 5.35. The van der Waals surface area contributed by atoms with Gasteiger partial charge in [0.1, 0.15) is 0 Å². The number of aliphatic hydroxyl groups excluding tert-OH is 1. The normalized spacial score (nSPS) is 11.7. The number of rotatable bonds is 4. The third-order valence-corrected chi connectivity index (χ3v) is 2.40. The first-order valence-electron chi connectivity index (χ1n) is 5.35. The second kappa shape index (κ2) is 6.27. The maximum atomic E-state index is 9.59. The van der Waals surface area contributed by atoms with E-state index >= 15 is 0 Å². The lowest BCUT2D eigenvalue weighted by atomic mass is 10.0. The molecule has 0 spiro atoms. The molecule has 0 aromatic heterocycles. The Labute approximate surface area is 92.1 Å². The van der Waals surface area contributed by atoms with E-state index in [4.69, 9.17) is 0 Å². The Morgan fingerprint density at radius 2 is 1.93 bits per heavy atom. The van der Waals surface area contributed by atoms with E-state index in [1.54, 1.807) is 6.92 Å². The highest BCUT2D eigenvalue weighted by Crippen LogP contribution is 2.08. The molecule has 0 saturated carbocycles. The van der Waals surface area contributed by atoms with Crippen LogP contribution in [0, 0.1) is 18.8 Å². The minimum atomic E-state index is -0.293. The Morgan fingerprint density at radius 1 is 1.27 bits per heavy atom. The summed E-state index contributed by atoms with van der Waals surface area (Å²) in [5.74, 6) is 5.69. The minimum absolute atomic E-state index is 0.293. The fourth-order valence-corrected chi connectivity index (χ4v) is 1.41. The van der Waals surface area contributed by atoms with Gasteiger partial charge >= 0.3 is 0 Å². The molecule has 0 saturated heterocycles. The monoisotopic (exact) mass is 202 g/mol. The molecule has 0 fully saturated rings. The van der Waals surface area contributed by atoms with Gasteiger partial charge in [0.15, 0.2) is 0 Å². The standard InChI is InChI=1S/C14H18O/c1-3-4-5-14(15)11-10-13-8-6-12(2)7-9-13/h6-9,14-15H,5,10-11H2,1-2H3. The van der Waals surface area contributed by atoms with Crippen LogP contribution in [-0.2, 0) is 6.42 Å². The fourth-order valence-electron chi connectivity index (χ4n) is 1.41. The van der Waals surface area contributed by atoms with Crippen molar-refractivity contribution in [2.24, 2.45) is 0 Å². The summed E-state index contributed by atoms with van der Waals surface area (Å²) in [6.45, 7) is 3.88. The molecule has 1 rings (SSSR count). The highest BCUT2D eigenvalue weighted by Gasteiger charge is 2.02. The van der Waals surface area contributed by atoms with Gasteiger partial charge in [0.25, 0.3) is 0 Å². The van der Waals surface area contributed by atoms with Crippen molar-refractivity contribution in [3.05, 3.63) is 35.4 Å². The highest BCUT2D eigenvalue weighted by molar-refractivity contribution is 5.21. The molecule has 0 aliphatic rings. The molecule has 80 valence electrons. The fraction of sp³-hybridized carbons (Fsp3) is 0.429. The first-order chi connectivity index (χ1) is 7.22. The summed E-state index contributed by atoms with van der Waals surface area (Å²) in [6, 6.07) is 8.45. The molecule has 1 aromatic carbocycles. The smallest absolute Gasteiger partial charge is 0.0652 e. The van der Waals surface area contributed by atoms with Crippen LogP contribution in [0.5, 0.6) is 0 Å². The molecule has 1 atom stereocenters. The van der Waals surface area contributed by atoms with Crippen molar-refractivity contribution in [3.63, 3.8) is 0 Å². The summed E-state index contributed by atoms with van der Waals surface area (Å²) in [5.41, 5.74) is 2.56. The van der Waals surface area contributed by atoms with Gasteiger partial charge in [-0.2, -0.15) is 0 Å². The Kier molecular flexibility index (Phi) is 4.93. The average Bonchev–Trinajstić information content (AvgIpc) is 2.25. The third-order valence-electron chi connectivity index (χ3n) is 2.40. The van der Waals surface area contributed by atoms with Crippen molar-refractivity contribution in [1.82, 2.24) is 0 Å². The van der Waals surface area contributed by atoms with Crippen molar-refractivity contribution in [3.8, 4) is 11.8 Å². The van der Waals surface area contributed by atoms with Crippen molar-refractivity contribution in [2.75, 3.05) is 0 Å². The van der Waals surface area contributed by atoms with Crippen molar-refractivity contribution >= 4 is 0 Å². The predicted molar refractivity (Wildman–Crippen MR) is 63.6 cm³/mol. The van der Waals surface area contributed by atoms with Gasteiger partial charge in [-0.1, -0.05) is 29.8 Å². The highest BCUT2D eigenvalue weighted by atomic mass is 16.3. The van der Waals surface area contributed by atoms with E-state index in [-0.39, 0.29) is 6.10 Å². The summed E-state index contributed by atoms with van der Waals surface area (Å²) < 4.78 is 0. The number of hydrogen-bond donors (Lipinski definition) is 1. The Morgan fingerprint density at radius 3 is 2.53 bits per heavy atom. The molecule has 15 heavy (non-hydrogen) atoms. The zero-order chi connectivity index (χ0) is 11.1. The lowest BCUT2D eigenvalue weighted by Gasteiger charge is -2.06. The number of benzene rings is 1. The quantitative estimate of drug-likeness (QED) is 0.744. The lowest BCUT2D eigenvalue weighted by molar-refractivity contribution is 0.170. The van der Waals surface area contributed by atoms with Gasteiger partial charge < -0.3 is 5.11 Å². The Bertz CT molecular complexity index is 340. The van der Waals surface area contributed by atoms with Crippen LogP contribution < -0.4 is 0 Å². The number of aliphatic hydroxyl groups is 1. The molecule has 1 N–H and O–H groups in total. The zero-order valence-electron chi connectivity index (χ0n) is 9.46. The Balaban J connectivity index is 2.35. The maximum absolute atomic E-state index is 9.59. The van der Waals surface area contributed by atoms with Gasteiger partial charge in [0.05, 0.1) is 6.10 Å². The zero-order valence-corrected chi connectivity index (χ0v) is 9.46. The molecule has 0 radical (unpaired) electrons. The van der Waals surface area contributed by atoms with Crippen LogP contribution in [0.4, 0.5) is 0 Å². The van der Waals surface area contributed by atoms with Crippen LogP contribution in [0.1, 0.15) is 30.9 Å². The van der Waals surface area contributed by atoms with Gasteiger partial charge in [-0.25, -0.2) is 0 Å². The molecular weight excluding hydrogens is 184 g/mol. The molecule has 1 aromatic rings. The van der Waals surface area contributed by atoms with Crippen LogP contribution in [-0.4, -0.2) is 11.2 Å². The van der Waals surface area contributed by atoms with E-state index in [2.05, 4.69) is 43.0 Å². The maximum Gasteiger partial charge on any atom is 0.0652 e. The van der Waals surface area contributed by atoms with E-state index in [0.29, 0.717) is 6.42 Å². The molecule has 1 unspecified atom stereocenters. The summed E-state index contributed by atoms with van der Waals surface area (Å²) >= 11 is 0. The molecule has 0 aliphatic carbocycles. The molecule has 1 nitrogen and oxygen atoms in total. The summed E-state index contributed by atoms with van der Waals surface area (Å²) in [5, 5.41) is 9.59. The largest absolute Gasteiger partial charge is 0.392 e. The second-order valence-corrected chi connectivity index (χ2v) is 3.81. The van der Waals surface area contributed by atoms with Crippen LogP contribution in [0.15, 0.2) is 24.3 Å². The van der Waals surface area contributed by atoms with E-state index < -0.39 is 0 Å². The van der Waals surface area contributed by atoms with Crippen LogP contribution in [0.3, 0.4) is 0 Å². The van der Waals surface area contributed by atoms with Gasteiger partial charge in [-0.15, -0.1) is 11.8 Å². The summed E-state index contributed by atoms with van der Waals surface area (Å²) in [7, 11) is 0. The van der Waals surface area contributed by atoms with Crippen molar-refractivity contribution in [2.45, 2.75) is 39.2 Å². The van der Waals surface area contributed by atoms with Crippen LogP contribution >= 0.6 is 0 Å². The van der Waals surface area contributed by atoms with Gasteiger partial charge in [0, 0.05) is 6.42 Å². The Hall–Kier alpha value is -1.26. The molecule has 1 heteroatoms. The summed E-state index contributed by atoms with van der Waals surface area (Å²) in [4.78, 5) is 0. The van der Waals surface area contributed by atoms with Crippen molar-refractivity contribution < 1.29 is 5.11 Å². The first kappa shape index (κ1) is 11.8. The summed E-state index contributed by atoms with van der Waals surface area (Å²) in [6.07, 6.45) is 2.01. The second-order valence-electron chi connectivity index (χ2n) is 3.81. The van der Waals surface area contributed by atoms with Gasteiger partial charge in [-0.05, 0) is 32.3 Å². The third kappa shape index (κ3) is 4.67. The van der Waals surface area contributed by atoms with E-state index in [1.165, 1.54) is 11.1 Å². The van der Waals surface area contributed by atoms with Gasteiger partial charge in [0.2, 0.25) is 0 Å². The number of aryl methyl sites for hydroxylation is 2. The molecule has 0 amide bonds. The predicted octanol–water partition coefficient (Wildman–Crippen LogP) is 2.70. The van der Waals surface area contributed by atoms with Crippen LogP contribution in [0.2, 0.25) is 0 Å².